The first-order valence-corrected chi connectivity index (χ1v) is 10.5. The molecule has 0 spiro atoms. The summed E-state index contributed by atoms with van der Waals surface area (Å²) in [5, 5.41) is 20.4. The molecule has 1 aromatic carbocycles. The molecule has 1 unspecified atom stereocenters. The van der Waals surface area contributed by atoms with E-state index in [9.17, 15) is 14.7 Å². The largest absolute Gasteiger partial charge is 0.394 e. The first kappa shape index (κ1) is 23.7. The van der Waals surface area contributed by atoms with Crippen LogP contribution < -0.4 is 16.8 Å². The van der Waals surface area contributed by atoms with Gasteiger partial charge in [0.1, 0.15) is 17.1 Å². The number of carbonyl (C=O) groups is 2. The van der Waals surface area contributed by atoms with Gasteiger partial charge in [-0.3, -0.25) is 14.9 Å². The number of benzene rings is 1. The molecule has 2 amide bonds. The molecule has 1 atom stereocenters. The topological polar surface area (TPSA) is 162 Å². The second-order valence-electron chi connectivity index (χ2n) is 8.01. The fraction of sp³-hybridized carbons (Fsp3) is 0.304. The fourth-order valence-electron chi connectivity index (χ4n) is 3.28. The molecule has 0 aliphatic rings. The molecule has 0 aliphatic heterocycles. The standard InChI is InChI=1S/C23H28N6O4/c1-13(2)4-9-17-11-19(33-28-17)26-18(31)10-15-5-7-16(8-6-15)21-20(23(25)32)22(24)29(27-21)14(3)12-30/h5-8,11,14,30H,1,4,9-10,12,24H2,2-3H3,(H2,25,32)(H,26,31). The van der Waals surface area contributed by atoms with Crippen LogP contribution in [-0.2, 0) is 17.6 Å². The van der Waals surface area contributed by atoms with Crippen molar-refractivity contribution in [3.63, 3.8) is 0 Å². The minimum Gasteiger partial charge on any atom is -0.394 e. The van der Waals surface area contributed by atoms with E-state index in [4.69, 9.17) is 16.0 Å². The molecular weight excluding hydrogens is 424 g/mol. The van der Waals surface area contributed by atoms with Gasteiger partial charge in [0, 0.05) is 11.6 Å². The smallest absolute Gasteiger partial charge is 0.254 e. The number of aliphatic hydroxyl groups excluding tert-OH is 1. The van der Waals surface area contributed by atoms with Crippen LogP contribution in [0.2, 0.25) is 0 Å². The third-order valence-corrected chi connectivity index (χ3v) is 5.10. The highest BCUT2D eigenvalue weighted by Gasteiger charge is 2.23. The SMILES string of the molecule is C=C(C)CCc1cc(NC(=O)Cc2ccc(-c3nn(C(C)CO)c(N)c3C(N)=O)cc2)on1. The lowest BCUT2D eigenvalue weighted by atomic mass is 10.0. The zero-order valence-corrected chi connectivity index (χ0v) is 18.7. The van der Waals surface area contributed by atoms with Crippen LogP contribution in [0.25, 0.3) is 11.3 Å². The first-order chi connectivity index (χ1) is 15.7. The summed E-state index contributed by atoms with van der Waals surface area (Å²) in [7, 11) is 0. The van der Waals surface area contributed by atoms with E-state index in [0.29, 0.717) is 23.6 Å². The van der Waals surface area contributed by atoms with Crippen molar-refractivity contribution < 1.29 is 19.2 Å². The van der Waals surface area contributed by atoms with E-state index in [1.807, 2.05) is 6.92 Å². The van der Waals surface area contributed by atoms with Gasteiger partial charge in [-0.05, 0) is 32.3 Å². The molecule has 0 saturated heterocycles. The average molecular weight is 453 g/mol. The normalized spacial score (nSPS) is 11.8. The van der Waals surface area contributed by atoms with Gasteiger partial charge in [-0.25, -0.2) is 4.68 Å². The molecular formula is C23H28N6O4. The van der Waals surface area contributed by atoms with Gasteiger partial charge in [0.05, 0.1) is 24.8 Å². The predicted octanol–water partition coefficient (Wildman–Crippen LogP) is 2.46. The lowest BCUT2D eigenvalue weighted by Gasteiger charge is -2.10. The highest BCUT2D eigenvalue weighted by Crippen LogP contribution is 2.29. The maximum absolute atomic E-state index is 12.4. The number of primary amides is 1. The lowest BCUT2D eigenvalue weighted by molar-refractivity contribution is -0.115. The van der Waals surface area contributed by atoms with Crippen molar-refractivity contribution in [3.05, 3.63) is 59.3 Å². The number of carbonyl (C=O) groups excluding carboxylic acids is 2. The summed E-state index contributed by atoms with van der Waals surface area (Å²) in [5.74, 6) is -0.582. The number of hydrogen-bond acceptors (Lipinski definition) is 7. The van der Waals surface area contributed by atoms with Crippen LogP contribution in [0.1, 0.15) is 47.9 Å². The molecule has 6 N–H and O–H groups in total. The van der Waals surface area contributed by atoms with Crippen molar-refractivity contribution >= 4 is 23.5 Å². The van der Waals surface area contributed by atoms with Gasteiger partial charge >= 0.3 is 0 Å². The zero-order valence-electron chi connectivity index (χ0n) is 18.7. The monoisotopic (exact) mass is 452 g/mol. The van der Waals surface area contributed by atoms with Gasteiger partial charge in [0.15, 0.2) is 0 Å². The zero-order chi connectivity index (χ0) is 24.1. The van der Waals surface area contributed by atoms with Gasteiger partial charge < -0.3 is 21.1 Å². The van der Waals surface area contributed by atoms with E-state index in [-0.39, 0.29) is 30.3 Å². The minimum absolute atomic E-state index is 0.0913. The Balaban J connectivity index is 1.70. The molecule has 0 saturated carbocycles. The number of hydrogen-bond donors (Lipinski definition) is 4. The summed E-state index contributed by atoms with van der Waals surface area (Å²) < 4.78 is 6.54. The molecule has 10 nitrogen and oxygen atoms in total. The van der Waals surface area contributed by atoms with Crippen molar-refractivity contribution in [2.45, 2.75) is 39.2 Å². The van der Waals surface area contributed by atoms with Crippen LogP contribution in [-0.4, -0.2) is 38.5 Å². The van der Waals surface area contributed by atoms with Crippen molar-refractivity contribution in [1.29, 1.82) is 0 Å². The Labute approximate surface area is 191 Å². The van der Waals surface area contributed by atoms with Crippen molar-refractivity contribution in [2.75, 3.05) is 17.7 Å². The van der Waals surface area contributed by atoms with E-state index in [1.54, 1.807) is 37.3 Å². The number of amides is 2. The molecule has 0 fully saturated rings. The molecule has 10 heteroatoms. The summed E-state index contributed by atoms with van der Waals surface area (Å²) in [6, 6.07) is 8.25. The van der Waals surface area contributed by atoms with Crippen molar-refractivity contribution in [2.24, 2.45) is 5.73 Å². The number of aryl methyl sites for hydroxylation is 1. The molecule has 3 rings (SSSR count). The van der Waals surface area contributed by atoms with Crippen LogP contribution >= 0.6 is 0 Å². The Morgan fingerprint density at radius 1 is 1.30 bits per heavy atom. The summed E-state index contributed by atoms with van der Waals surface area (Å²) in [6.45, 7) is 7.32. The van der Waals surface area contributed by atoms with Crippen LogP contribution in [0.15, 0.2) is 47.0 Å². The Morgan fingerprint density at radius 3 is 2.61 bits per heavy atom. The summed E-state index contributed by atoms with van der Waals surface area (Å²) >= 11 is 0. The molecule has 0 bridgehead atoms. The summed E-state index contributed by atoms with van der Waals surface area (Å²) in [6.07, 6.45) is 1.61. The van der Waals surface area contributed by atoms with Crippen molar-refractivity contribution in [1.82, 2.24) is 14.9 Å². The van der Waals surface area contributed by atoms with Crippen LogP contribution in [0.3, 0.4) is 0 Å². The van der Waals surface area contributed by atoms with Gasteiger partial charge in [-0.1, -0.05) is 35.0 Å². The number of aromatic nitrogens is 3. The Morgan fingerprint density at radius 2 is 2.00 bits per heavy atom. The van der Waals surface area contributed by atoms with Crippen LogP contribution in [0.5, 0.6) is 0 Å². The molecule has 0 aliphatic carbocycles. The molecule has 174 valence electrons. The number of nitrogens with two attached hydrogens (primary N) is 2. The quantitative estimate of drug-likeness (QED) is 0.343. The van der Waals surface area contributed by atoms with Gasteiger partial charge in [-0.15, -0.1) is 6.58 Å². The number of nitrogens with one attached hydrogen (secondary N) is 1. The number of nitrogen functional groups attached to an aromatic ring is 1. The molecule has 0 radical (unpaired) electrons. The van der Waals surface area contributed by atoms with Gasteiger partial charge in [-0.2, -0.15) is 5.10 Å². The Bertz CT molecular complexity index is 1160. The van der Waals surface area contributed by atoms with Gasteiger partial charge in [0.2, 0.25) is 11.8 Å². The molecule has 33 heavy (non-hydrogen) atoms. The molecule has 2 aromatic heterocycles. The number of allylic oxidation sites excluding steroid dienone is 1. The third kappa shape index (κ3) is 5.66. The maximum atomic E-state index is 12.4. The summed E-state index contributed by atoms with van der Waals surface area (Å²) in [4.78, 5) is 24.3. The lowest BCUT2D eigenvalue weighted by Crippen LogP contribution is -2.17. The van der Waals surface area contributed by atoms with Crippen LogP contribution in [0.4, 0.5) is 11.7 Å². The van der Waals surface area contributed by atoms with E-state index in [1.165, 1.54) is 4.68 Å². The van der Waals surface area contributed by atoms with Crippen molar-refractivity contribution in [3.8, 4) is 11.3 Å². The van der Waals surface area contributed by atoms with E-state index in [2.05, 4.69) is 22.2 Å². The van der Waals surface area contributed by atoms with Crippen LogP contribution in [0, 0.1) is 0 Å². The fourth-order valence-corrected chi connectivity index (χ4v) is 3.28. The van der Waals surface area contributed by atoms with E-state index in [0.717, 1.165) is 23.3 Å². The second kappa shape index (κ2) is 10.1. The Kier molecular flexibility index (Phi) is 7.29. The van der Waals surface area contributed by atoms with Gasteiger partial charge in [0.25, 0.3) is 5.91 Å². The highest BCUT2D eigenvalue weighted by molar-refractivity contribution is 6.03. The highest BCUT2D eigenvalue weighted by atomic mass is 16.5. The predicted molar refractivity (Wildman–Crippen MR) is 124 cm³/mol. The third-order valence-electron chi connectivity index (χ3n) is 5.10. The number of anilines is 2. The second-order valence-corrected chi connectivity index (χ2v) is 8.01. The number of aliphatic hydroxyl groups is 1. The number of rotatable bonds is 10. The summed E-state index contributed by atoms with van der Waals surface area (Å²) in [5.41, 5.74) is 15.1. The molecule has 2 heterocycles. The maximum Gasteiger partial charge on any atom is 0.254 e. The molecule has 3 aromatic rings. The van der Waals surface area contributed by atoms with E-state index < -0.39 is 11.9 Å². The Hall–Kier alpha value is -3.92. The first-order valence-electron chi connectivity index (χ1n) is 10.5. The minimum atomic E-state index is -0.711. The average Bonchev–Trinajstić information content (AvgIpc) is 3.36. The van der Waals surface area contributed by atoms with E-state index >= 15 is 0 Å². The number of nitrogens with zero attached hydrogens (tertiary/aromatic N) is 3.